The molecule has 70 valence electrons. The highest BCUT2D eigenvalue weighted by atomic mass is 16.4. The van der Waals surface area contributed by atoms with Gasteiger partial charge < -0.3 is 15.8 Å². The van der Waals surface area contributed by atoms with Crippen LogP contribution >= 0.6 is 0 Å². The summed E-state index contributed by atoms with van der Waals surface area (Å²) in [6.07, 6.45) is 2.56. The van der Waals surface area contributed by atoms with Gasteiger partial charge in [0.2, 0.25) is 0 Å². The number of rotatable bonds is 3. The molecule has 1 unspecified atom stereocenters. The molecule has 1 aliphatic heterocycles. The van der Waals surface area contributed by atoms with Crippen molar-refractivity contribution < 1.29 is 5.21 Å². The van der Waals surface area contributed by atoms with Crippen LogP contribution in [0.5, 0.6) is 0 Å². The second-order valence-electron chi connectivity index (χ2n) is 3.43. The predicted molar refractivity (Wildman–Crippen MR) is 48.2 cm³/mol. The molecule has 0 aromatic heterocycles. The topological polar surface area (TPSA) is 61.8 Å². The molecule has 0 aromatic rings. The van der Waals surface area contributed by atoms with Crippen molar-refractivity contribution in [3.63, 3.8) is 0 Å². The molecule has 1 heterocycles. The zero-order valence-electron chi connectivity index (χ0n) is 7.53. The third-order valence-electron chi connectivity index (χ3n) is 2.35. The minimum atomic E-state index is 0.160. The van der Waals surface area contributed by atoms with Crippen molar-refractivity contribution in [2.45, 2.75) is 19.8 Å². The molecular formula is C8H17N3O. The summed E-state index contributed by atoms with van der Waals surface area (Å²) in [5, 5.41) is 11.4. The van der Waals surface area contributed by atoms with E-state index in [0.29, 0.717) is 5.84 Å². The van der Waals surface area contributed by atoms with Crippen LogP contribution in [0.2, 0.25) is 0 Å². The normalized spacial score (nSPS) is 22.9. The minimum Gasteiger partial charge on any atom is -0.409 e. The van der Waals surface area contributed by atoms with E-state index in [1.54, 1.807) is 0 Å². The standard InChI is InChI=1S/C8H17N3O/c1-7(8(9)10-12)6-11-4-2-3-5-11/h7,12H,2-6H2,1H3,(H2,9,10). The summed E-state index contributed by atoms with van der Waals surface area (Å²) >= 11 is 0. The molecule has 4 heteroatoms. The molecule has 0 aliphatic carbocycles. The maximum Gasteiger partial charge on any atom is 0.143 e. The van der Waals surface area contributed by atoms with Gasteiger partial charge in [0.25, 0.3) is 0 Å². The molecule has 1 aliphatic rings. The van der Waals surface area contributed by atoms with Gasteiger partial charge in [-0.3, -0.25) is 0 Å². The molecule has 1 rings (SSSR count). The lowest BCUT2D eigenvalue weighted by molar-refractivity contribution is 0.296. The van der Waals surface area contributed by atoms with Crippen LogP contribution in [0.4, 0.5) is 0 Å². The summed E-state index contributed by atoms with van der Waals surface area (Å²) in [6, 6.07) is 0. The van der Waals surface area contributed by atoms with Gasteiger partial charge in [0.05, 0.1) is 0 Å². The molecule has 0 saturated carbocycles. The Labute approximate surface area is 73.0 Å². The van der Waals surface area contributed by atoms with Crippen LogP contribution < -0.4 is 5.73 Å². The highest BCUT2D eigenvalue weighted by Crippen LogP contribution is 2.09. The number of hydrogen-bond acceptors (Lipinski definition) is 3. The number of likely N-dealkylation sites (tertiary alicyclic amines) is 1. The Morgan fingerprint density at radius 2 is 2.17 bits per heavy atom. The van der Waals surface area contributed by atoms with Gasteiger partial charge in [0.1, 0.15) is 5.84 Å². The molecule has 0 amide bonds. The van der Waals surface area contributed by atoms with E-state index < -0.39 is 0 Å². The average molecular weight is 171 g/mol. The summed E-state index contributed by atoms with van der Waals surface area (Å²) in [5.74, 6) is 0.495. The summed E-state index contributed by atoms with van der Waals surface area (Å²) in [7, 11) is 0. The van der Waals surface area contributed by atoms with E-state index in [1.807, 2.05) is 6.92 Å². The van der Waals surface area contributed by atoms with Gasteiger partial charge in [-0.15, -0.1) is 0 Å². The van der Waals surface area contributed by atoms with Crippen LogP contribution in [-0.4, -0.2) is 35.6 Å². The van der Waals surface area contributed by atoms with Crippen LogP contribution in [0.1, 0.15) is 19.8 Å². The van der Waals surface area contributed by atoms with Gasteiger partial charge in [-0.2, -0.15) is 0 Å². The van der Waals surface area contributed by atoms with E-state index in [0.717, 1.165) is 19.6 Å². The molecule has 0 spiro atoms. The van der Waals surface area contributed by atoms with Crippen molar-refractivity contribution in [3.8, 4) is 0 Å². The first-order chi connectivity index (χ1) is 5.74. The van der Waals surface area contributed by atoms with Gasteiger partial charge in [0.15, 0.2) is 0 Å². The van der Waals surface area contributed by atoms with E-state index in [1.165, 1.54) is 12.8 Å². The summed E-state index contributed by atoms with van der Waals surface area (Å²) < 4.78 is 0. The smallest absolute Gasteiger partial charge is 0.143 e. The van der Waals surface area contributed by atoms with Crippen molar-refractivity contribution in [2.75, 3.05) is 19.6 Å². The number of nitrogens with two attached hydrogens (primary N) is 1. The minimum absolute atomic E-state index is 0.160. The molecule has 0 bridgehead atoms. The van der Waals surface area contributed by atoms with E-state index in [4.69, 9.17) is 10.9 Å². The second kappa shape index (κ2) is 4.30. The number of oxime groups is 1. The molecule has 1 fully saturated rings. The Bertz CT molecular complexity index is 164. The lowest BCUT2D eigenvalue weighted by Gasteiger charge is -2.18. The Hall–Kier alpha value is -0.770. The lowest BCUT2D eigenvalue weighted by Crippen LogP contribution is -2.33. The fraction of sp³-hybridized carbons (Fsp3) is 0.875. The van der Waals surface area contributed by atoms with Crippen LogP contribution in [0, 0.1) is 5.92 Å². The van der Waals surface area contributed by atoms with Gasteiger partial charge >= 0.3 is 0 Å². The third-order valence-corrected chi connectivity index (χ3v) is 2.35. The molecule has 0 radical (unpaired) electrons. The molecule has 3 N–H and O–H groups in total. The van der Waals surface area contributed by atoms with Gasteiger partial charge in [0, 0.05) is 12.5 Å². The highest BCUT2D eigenvalue weighted by molar-refractivity contribution is 5.82. The first-order valence-corrected chi connectivity index (χ1v) is 4.44. The molecule has 12 heavy (non-hydrogen) atoms. The fourth-order valence-electron chi connectivity index (χ4n) is 1.54. The first kappa shape index (κ1) is 9.32. The zero-order chi connectivity index (χ0) is 8.97. The molecule has 4 nitrogen and oxygen atoms in total. The Morgan fingerprint density at radius 3 is 2.67 bits per heavy atom. The fourth-order valence-corrected chi connectivity index (χ4v) is 1.54. The predicted octanol–water partition coefficient (Wildman–Crippen LogP) is 0.465. The maximum absolute atomic E-state index is 8.42. The third kappa shape index (κ3) is 2.37. The van der Waals surface area contributed by atoms with E-state index in [2.05, 4.69) is 10.1 Å². The van der Waals surface area contributed by atoms with Gasteiger partial charge in [-0.05, 0) is 25.9 Å². The number of nitrogens with zero attached hydrogens (tertiary/aromatic N) is 2. The Kier molecular flexibility index (Phi) is 3.34. The second-order valence-corrected chi connectivity index (χ2v) is 3.43. The number of hydrogen-bond donors (Lipinski definition) is 2. The van der Waals surface area contributed by atoms with Crippen molar-refractivity contribution in [3.05, 3.63) is 0 Å². The van der Waals surface area contributed by atoms with Crippen molar-refractivity contribution in [1.82, 2.24) is 4.90 Å². The Morgan fingerprint density at radius 1 is 1.58 bits per heavy atom. The van der Waals surface area contributed by atoms with Crippen LogP contribution in [0.25, 0.3) is 0 Å². The summed E-state index contributed by atoms with van der Waals surface area (Å²) in [5.41, 5.74) is 5.47. The largest absolute Gasteiger partial charge is 0.409 e. The van der Waals surface area contributed by atoms with E-state index >= 15 is 0 Å². The number of amidine groups is 1. The summed E-state index contributed by atoms with van der Waals surface area (Å²) in [4.78, 5) is 2.35. The van der Waals surface area contributed by atoms with E-state index in [9.17, 15) is 0 Å². The van der Waals surface area contributed by atoms with Crippen molar-refractivity contribution in [2.24, 2.45) is 16.8 Å². The Balaban J connectivity index is 2.29. The average Bonchev–Trinajstić information content (AvgIpc) is 2.55. The van der Waals surface area contributed by atoms with Crippen molar-refractivity contribution in [1.29, 1.82) is 0 Å². The molecule has 1 atom stereocenters. The SMILES string of the molecule is CC(CN1CCCC1)/C(N)=N/O. The van der Waals surface area contributed by atoms with E-state index in [-0.39, 0.29) is 5.92 Å². The molecule has 0 aromatic carbocycles. The van der Waals surface area contributed by atoms with Crippen molar-refractivity contribution >= 4 is 5.84 Å². The molecule has 1 saturated heterocycles. The van der Waals surface area contributed by atoms with Crippen LogP contribution in [0.3, 0.4) is 0 Å². The summed E-state index contributed by atoms with van der Waals surface area (Å²) in [6.45, 7) is 5.20. The van der Waals surface area contributed by atoms with Gasteiger partial charge in [-0.25, -0.2) is 0 Å². The quantitative estimate of drug-likeness (QED) is 0.281. The van der Waals surface area contributed by atoms with Gasteiger partial charge in [-0.1, -0.05) is 12.1 Å². The maximum atomic E-state index is 8.42. The van der Waals surface area contributed by atoms with Crippen LogP contribution in [0.15, 0.2) is 5.16 Å². The van der Waals surface area contributed by atoms with Crippen LogP contribution in [-0.2, 0) is 0 Å². The first-order valence-electron chi connectivity index (χ1n) is 4.44. The highest BCUT2D eigenvalue weighted by Gasteiger charge is 2.16. The monoisotopic (exact) mass is 171 g/mol. The zero-order valence-corrected chi connectivity index (χ0v) is 7.53. The molecular weight excluding hydrogens is 154 g/mol. The lowest BCUT2D eigenvalue weighted by atomic mass is 10.1.